The zero-order chi connectivity index (χ0) is 14.3. The van der Waals surface area contributed by atoms with Gasteiger partial charge in [0.15, 0.2) is 0 Å². The zero-order valence-corrected chi connectivity index (χ0v) is 12.1. The molecule has 1 atom stereocenters. The third-order valence-corrected chi connectivity index (χ3v) is 3.09. The summed E-state index contributed by atoms with van der Waals surface area (Å²) in [6, 6.07) is 8.23. The summed E-state index contributed by atoms with van der Waals surface area (Å²) >= 11 is 0. The van der Waals surface area contributed by atoms with E-state index in [4.69, 9.17) is 4.74 Å². The van der Waals surface area contributed by atoms with Crippen molar-refractivity contribution in [3.63, 3.8) is 0 Å². The van der Waals surface area contributed by atoms with Gasteiger partial charge in [-0.05, 0) is 31.9 Å². The van der Waals surface area contributed by atoms with Gasteiger partial charge in [0, 0.05) is 12.8 Å². The fraction of sp³-hybridized carbons (Fsp3) is 0.353. The highest BCUT2D eigenvalue weighted by Crippen LogP contribution is 2.35. The quantitative estimate of drug-likeness (QED) is 0.583. The van der Waals surface area contributed by atoms with E-state index in [0.717, 1.165) is 0 Å². The third-order valence-electron chi connectivity index (χ3n) is 3.09. The molecule has 0 radical (unpaired) electrons. The summed E-state index contributed by atoms with van der Waals surface area (Å²) in [5, 5.41) is 0. The molecule has 1 aliphatic carbocycles. The normalized spacial score (nSPS) is 16.4. The van der Waals surface area contributed by atoms with Crippen LogP contribution in [0.3, 0.4) is 0 Å². The lowest BCUT2D eigenvalue weighted by atomic mass is 9.98. The Morgan fingerprint density at radius 3 is 2.47 bits per heavy atom. The summed E-state index contributed by atoms with van der Waals surface area (Å²) in [4.78, 5) is 10.8. The highest BCUT2D eigenvalue weighted by atomic mass is 16.5. The first-order chi connectivity index (χ1) is 9.10. The van der Waals surface area contributed by atoms with Crippen molar-refractivity contribution in [1.29, 1.82) is 0 Å². The smallest absolute Gasteiger partial charge is 0.302 e. The van der Waals surface area contributed by atoms with Crippen LogP contribution in [0.15, 0.2) is 42.0 Å². The van der Waals surface area contributed by atoms with Crippen LogP contribution in [0.1, 0.15) is 44.7 Å². The zero-order valence-electron chi connectivity index (χ0n) is 12.1. The standard InChI is InChI=1S/C13H14O2.C4H8/c1-9-7-11-5-3-4-6-12(11)13(9)8-15-10(2)14;1-3-4-2/h3-7,13H,8H2,1-2H3;3-4H,1-2H3/b;4-3-. The lowest BCUT2D eigenvalue weighted by Gasteiger charge is -2.13. The van der Waals surface area contributed by atoms with Crippen molar-refractivity contribution in [2.45, 2.75) is 33.6 Å². The second-order valence-corrected chi connectivity index (χ2v) is 4.54. The summed E-state index contributed by atoms with van der Waals surface area (Å²) in [6.07, 6.45) is 6.16. The summed E-state index contributed by atoms with van der Waals surface area (Å²) < 4.78 is 5.07. The lowest BCUT2D eigenvalue weighted by Crippen LogP contribution is -2.10. The molecule has 1 aliphatic rings. The SMILES string of the molecule is C/C=C\C.CC(=O)OCC1C(C)=Cc2ccccc21. The molecule has 0 heterocycles. The van der Waals surface area contributed by atoms with Crippen molar-refractivity contribution >= 4 is 12.0 Å². The number of rotatable bonds is 2. The molecule has 1 aromatic carbocycles. The average Bonchev–Trinajstić information content (AvgIpc) is 2.72. The van der Waals surface area contributed by atoms with Crippen LogP contribution in [0.4, 0.5) is 0 Å². The van der Waals surface area contributed by atoms with Crippen LogP contribution < -0.4 is 0 Å². The van der Waals surface area contributed by atoms with Crippen LogP contribution >= 0.6 is 0 Å². The van der Waals surface area contributed by atoms with Crippen molar-refractivity contribution in [2.75, 3.05) is 6.61 Å². The number of hydrogen-bond donors (Lipinski definition) is 0. The van der Waals surface area contributed by atoms with Gasteiger partial charge in [-0.2, -0.15) is 0 Å². The maximum atomic E-state index is 10.8. The number of fused-ring (bicyclic) bond motifs is 1. The Labute approximate surface area is 115 Å². The van der Waals surface area contributed by atoms with E-state index < -0.39 is 0 Å². The number of allylic oxidation sites excluding steroid dienone is 2. The number of carbonyl (C=O) groups excluding carboxylic acids is 1. The van der Waals surface area contributed by atoms with Crippen LogP contribution in [-0.4, -0.2) is 12.6 Å². The molecule has 0 saturated heterocycles. The van der Waals surface area contributed by atoms with Crippen molar-refractivity contribution < 1.29 is 9.53 Å². The summed E-state index contributed by atoms with van der Waals surface area (Å²) in [6.45, 7) is 7.97. The molecular weight excluding hydrogens is 236 g/mol. The maximum absolute atomic E-state index is 10.8. The molecular formula is C17H22O2. The molecule has 0 aliphatic heterocycles. The topological polar surface area (TPSA) is 26.3 Å². The molecule has 102 valence electrons. The van der Waals surface area contributed by atoms with Gasteiger partial charge >= 0.3 is 5.97 Å². The first-order valence-electron chi connectivity index (χ1n) is 6.58. The predicted molar refractivity (Wildman–Crippen MR) is 80.0 cm³/mol. The number of esters is 1. The van der Waals surface area contributed by atoms with Crippen molar-refractivity contribution in [1.82, 2.24) is 0 Å². The lowest BCUT2D eigenvalue weighted by molar-refractivity contribution is -0.141. The van der Waals surface area contributed by atoms with Crippen LogP contribution in [-0.2, 0) is 9.53 Å². The number of benzene rings is 1. The van der Waals surface area contributed by atoms with E-state index in [1.807, 2.05) is 38.1 Å². The van der Waals surface area contributed by atoms with E-state index in [1.165, 1.54) is 23.6 Å². The molecule has 1 unspecified atom stereocenters. The van der Waals surface area contributed by atoms with Gasteiger partial charge in [0.05, 0.1) is 0 Å². The summed E-state index contributed by atoms with van der Waals surface area (Å²) in [7, 11) is 0. The van der Waals surface area contributed by atoms with Crippen LogP contribution in [0, 0.1) is 0 Å². The Kier molecular flexibility index (Phi) is 6.07. The predicted octanol–water partition coefficient (Wildman–Crippen LogP) is 4.33. The first-order valence-corrected chi connectivity index (χ1v) is 6.58. The van der Waals surface area contributed by atoms with Gasteiger partial charge in [0.25, 0.3) is 0 Å². The second-order valence-electron chi connectivity index (χ2n) is 4.54. The highest BCUT2D eigenvalue weighted by molar-refractivity contribution is 5.68. The Hall–Kier alpha value is -1.83. The third kappa shape index (κ3) is 4.40. The molecule has 0 fully saturated rings. The minimum Gasteiger partial charge on any atom is -0.465 e. The van der Waals surface area contributed by atoms with Crippen LogP contribution in [0.25, 0.3) is 6.08 Å². The van der Waals surface area contributed by atoms with Crippen molar-refractivity contribution in [3.8, 4) is 0 Å². The molecule has 1 aromatic rings. The van der Waals surface area contributed by atoms with E-state index in [0.29, 0.717) is 6.61 Å². The van der Waals surface area contributed by atoms with Gasteiger partial charge in [-0.3, -0.25) is 4.79 Å². The molecule has 0 saturated carbocycles. The van der Waals surface area contributed by atoms with Gasteiger partial charge in [0.2, 0.25) is 0 Å². The van der Waals surface area contributed by atoms with E-state index >= 15 is 0 Å². The van der Waals surface area contributed by atoms with Crippen LogP contribution in [0.5, 0.6) is 0 Å². The van der Waals surface area contributed by atoms with Gasteiger partial charge < -0.3 is 4.74 Å². The van der Waals surface area contributed by atoms with E-state index in [-0.39, 0.29) is 11.9 Å². The van der Waals surface area contributed by atoms with Crippen molar-refractivity contribution in [2.24, 2.45) is 0 Å². The first kappa shape index (κ1) is 15.2. The largest absolute Gasteiger partial charge is 0.465 e. The Morgan fingerprint density at radius 2 is 1.89 bits per heavy atom. The number of carbonyl (C=O) groups is 1. The fourth-order valence-corrected chi connectivity index (χ4v) is 1.97. The number of hydrogen-bond acceptors (Lipinski definition) is 2. The average molecular weight is 258 g/mol. The van der Waals surface area contributed by atoms with Crippen LogP contribution in [0.2, 0.25) is 0 Å². The molecule has 0 N–H and O–H groups in total. The van der Waals surface area contributed by atoms with Gasteiger partial charge in [-0.25, -0.2) is 0 Å². The molecule has 2 heteroatoms. The van der Waals surface area contributed by atoms with E-state index in [9.17, 15) is 4.79 Å². The van der Waals surface area contributed by atoms with Gasteiger partial charge in [0.1, 0.15) is 6.61 Å². The molecule has 0 spiro atoms. The van der Waals surface area contributed by atoms with Gasteiger partial charge in [-0.15, -0.1) is 0 Å². The molecule has 0 amide bonds. The summed E-state index contributed by atoms with van der Waals surface area (Å²) in [5.74, 6) is 0.0253. The number of ether oxygens (including phenoxy) is 1. The minimum atomic E-state index is -0.216. The second kappa shape index (κ2) is 7.57. The minimum absolute atomic E-state index is 0.216. The molecule has 0 bridgehead atoms. The van der Waals surface area contributed by atoms with Gasteiger partial charge in [-0.1, -0.05) is 48.1 Å². The molecule has 19 heavy (non-hydrogen) atoms. The molecule has 0 aromatic heterocycles. The molecule has 2 rings (SSSR count). The monoisotopic (exact) mass is 258 g/mol. The Balaban J connectivity index is 0.000000399. The van der Waals surface area contributed by atoms with Crippen molar-refractivity contribution in [3.05, 3.63) is 53.1 Å². The van der Waals surface area contributed by atoms with E-state index in [2.05, 4.69) is 25.1 Å². The maximum Gasteiger partial charge on any atom is 0.302 e. The Morgan fingerprint density at radius 1 is 1.26 bits per heavy atom. The van der Waals surface area contributed by atoms with E-state index in [1.54, 1.807) is 0 Å². The Bertz CT molecular complexity index is 480. The molecule has 2 nitrogen and oxygen atoms in total. The summed E-state index contributed by atoms with van der Waals surface area (Å²) in [5.41, 5.74) is 3.76. The highest BCUT2D eigenvalue weighted by Gasteiger charge is 2.22. The fourth-order valence-electron chi connectivity index (χ4n) is 1.97.